The summed E-state index contributed by atoms with van der Waals surface area (Å²) in [5, 5.41) is 4.15. The number of carbonyl (C=O) groups excluding carboxylic acids is 1. The molecule has 0 bridgehead atoms. The van der Waals surface area contributed by atoms with Crippen molar-refractivity contribution in [3.8, 4) is 5.75 Å². The molecule has 2 atom stereocenters. The molecule has 1 saturated heterocycles. The third kappa shape index (κ3) is 3.76. The number of nitrogens with zero attached hydrogens (tertiary/aromatic N) is 3. The number of para-hydroxylation sites is 1. The topological polar surface area (TPSA) is 68.5 Å². The Morgan fingerprint density at radius 3 is 2.64 bits per heavy atom. The molecule has 1 aliphatic rings. The molecule has 0 radical (unpaired) electrons. The Morgan fingerprint density at radius 2 is 1.93 bits per heavy atom. The minimum Gasteiger partial charge on any atom is -0.497 e. The van der Waals surface area contributed by atoms with E-state index in [1.54, 1.807) is 12.0 Å². The summed E-state index contributed by atoms with van der Waals surface area (Å²) < 4.78 is 10.7. The molecular weight excluding hydrogens is 354 g/mol. The number of amides is 1. The lowest BCUT2D eigenvalue weighted by Crippen LogP contribution is -2.24. The molecular formula is C22H23N3O3. The highest BCUT2D eigenvalue weighted by Crippen LogP contribution is 2.31. The van der Waals surface area contributed by atoms with Gasteiger partial charge >= 0.3 is 0 Å². The van der Waals surface area contributed by atoms with Crippen LogP contribution in [0, 0.1) is 0 Å². The zero-order chi connectivity index (χ0) is 19.5. The van der Waals surface area contributed by atoms with Gasteiger partial charge in [-0.2, -0.15) is 4.98 Å². The molecule has 2 unspecified atom stereocenters. The third-order valence-electron chi connectivity index (χ3n) is 5.21. The van der Waals surface area contributed by atoms with Crippen molar-refractivity contribution < 1.29 is 14.1 Å². The SMILES string of the molecule is COc1ccc(C(C)Cc2nc(C3CC(=O)N(c4ccccc4)C3)no2)cc1. The number of hydrogen-bond acceptors (Lipinski definition) is 5. The van der Waals surface area contributed by atoms with Crippen LogP contribution in [0.2, 0.25) is 0 Å². The number of ether oxygens (including phenoxy) is 1. The lowest BCUT2D eigenvalue weighted by atomic mass is 9.98. The van der Waals surface area contributed by atoms with Crippen molar-refractivity contribution in [1.82, 2.24) is 10.1 Å². The molecule has 1 aliphatic heterocycles. The van der Waals surface area contributed by atoms with Crippen LogP contribution in [0.3, 0.4) is 0 Å². The highest BCUT2D eigenvalue weighted by atomic mass is 16.5. The molecule has 144 valence electrons. The fourth-order valence-corrected chi connectivity index (χ4v) is 3.57. The van der Waals surface area contributed by atoms with E-state index in [0.717, 1.165) is 11.4 Å². The number of carbonyl (C=O) groups is 1. The summed E-state index contributed by atoms with van der Waals surface area (Å²) in [4.78, 5) is 18.8. The predicted octanol–water partition coefficient (Wildman–Crippen LogP) is 3.94. The lowest BCUT2D eigenvalue weighted by Gasteiger charge is -2.15. The fourth-order valence-electron chi connectivity index (χ4n) is 3.57. The van der Waals surface area contributed by atoms with Crippen LogP contribution < -0.4 is 9.64 Å². The average Bonchev–Trinajstić information content (AvgIpc) is 3.35. The van der Waals surface area contributed by atoms with E-state index in [1.165, 1.54) is 5.56 Å². The van der Waals surface area contributed by atoms with Gasteiger partial charge in [-0.25, -0.2) is 0 Å². The molecule has 28 heavy (non-hydrogen) atoms. The molecule has 6 nitrogen and oxygen atoms in total. The van der Waals surface area contributed by atoms with E-state index in [9.17, 15) is 4.79 Å². The van der Waals surface area contributed by atoms with E-state index in [1.807, 2.05) is 54.6 Å². The van der Waals surface area contributed by atoms with E-state index in [2.05, 4.69) is 17.1 Å². The standard InChI is InChI=1S/C22H23N3O3/c1-15(16-8-10-19(27-2)11-9-16)12-20-23-22(24-28-20)17-13-21(26)25(14-17)18-6-4-3-5-7-18/h3-11,15,17H,12-14H2,1-2H3. The average molecular weight is 377 g/mol. The number of benzene rings is 2. The van der Waals surface area contributed by atoms with Gasteiger partial charge in [0.25, 0.3) is 0 Å². The van der Waals surface area contributed by atoms with Crippen molar-refractivity contribution in [2.45, 2.75) is 31.6 Å². The summed E-state index contributed by atoms with van der Waals surface area (Å²) in [6.07, 6.45) is 1.06. The molecule has 0 aliphatic carbocycles. The second-order valence-corrected chi connectivity index (χ2v) is 7.17. The van der Waals surface area contributed by atoms with Crippen molar-refractivity contribution in [1.29, 1.82) is 0 Å². The zero-order valence-electron chi connectivity index (χ0n) is 16.0. The first-order chi connectivity index (χ1) is 13.6. The molecule has 0 N–H and O–H groups in total. The molecule has 1 aromatic heterocycles. The van der Waals surface area contributed by atoms with E-state index in [4.69, 9.17) is 9.26 Å². The maximum Gasteiger partial charge on any atom is 0.227 e. The Labute approximate surface area is 164 Å². The summed E-state index contributed by atoms with van der Waals surface area (Å²) in [6, 6.07) is 17.7. The van der Waals surface area contributed by atoms with Crippen LogP contribution in [0.4, 0.5) is 5.69 Å². The summed E-state index contributed by atoms with van der Waals surface area (Å²) >= 11 is 0. The second kappa shape index (κ2) is 7.84. The quantitative estimate of drug-likeness (QED) is 0.651. The monoisotopic (exact) mass is 377 g/mol. The highest BCUT2D eigenvalue weighted by Gasteiger charge is 2.34. The van der Waals surface area contributed by atoms with E-state index in [0.29, 0.717) is 31.1 Å². The van der Waals surface area contributed by atoms with Crippen LogP contribution in [0.1, 0.15) is 42.5 Å². The largest absolute Gasteiger partial charge is 0.497 e. The highest BCUT2D eigenvalue weighted by molar-refractivity contribution is 5.96. The van der Waals surface area contributed by atoms with Crippen LogP contribution in [0.25, 0.3) is 0 Å². The Kier molecular flexibility index (Phi) is 5.10. The van der Waals surface area contributed by atoms with Crippen LogP contribution >= 0.6 is 0 Å². The van der Waals surface area contributed by atoms with Crippen molar-refractivity contribution in [3.63, 3.8) is 0 Å². The van der Waals surface area contributed by atoms with Gasteiger partial charge in [0, 0.05) is 31.0 Å². The van der Waals surface area contributed by atoms with Crippen molar-refractivity contribution in [3.05, 3.63) is 71.9 Å². The van der Waals surface area contributed by atoms with Crippen LogP contribution in [0.15, 0.2) is 59.1 Å². The maximum atomic E-state index is 12.4. The summed E-state index contributed by atoms with van der Waals surface area (Å²) in [6.45, 7) is 2.71. The molecule has 6 heteroatoms. The number of rotatable bonds is 6. The van der Waals surface area contributed by atoms with Gasteiger partial charge in [-0.05, 0) is 35.7 Å². The van der Waals surface area contributed by atoms with Gasteiger partial charge in [-0.3, -0.25) is 4.79 Å². The number of hydrogen-bond donors (Lipinski definition) is 0. The van der Waals surface area contributed by atoms with Gasteiger partial charge in [0.05, 0.1) is 7.11 Å². The predicted molar refractivity (Wildman–Crippen MR) is 106 cm³/mol. The first-order valence-corrected chi connectivity index (χ1v) is 9.46. The van der Waals surface area contributed by atoms with E-state index < -0.39 is 0 Å². The third-order valence-corrected chi connectivity index (χ3v) is 5.21. The zero-order valence-corrected chi connectivity index (χ0v) is 16.0. The minimum absolute atomic E-state index is 0.0403. The molecule has 1 amide bonds. The van der Waals surface area contributed by atoms with Gasteiger partial charge in [0.15, 0.2) is 5.82 Å². The van der Waals surface area contributed by atoms with Crippen LogP contribution in [-0.2, 0) is 11.2 Å². The Bertz CT molecular complexity index is 937. The molecule has 2 heterocycles. The first-order valence-electron chi connectivity index (χ1n) is 9.46. The molecule has 3 aromatic rings. The second-order valence-electron chi connectivity index (χ2n) is 7.17. The molecule has 1 fully saturated rings. The minimum atomic E-state index is -0.0403. The normalized spacial score (nSPS) is 17.7. The summed E-state index contributed by atoms with van der Waals surface area (Å²) in [7, 11) is 1.66. The fraction of sp³-hybridized carbons (Fsp3) is 0.318. The van der Waals surface area contributed by atoms with Crippen molar-refractivity contribution in [2.75, 3.05) is 18.6 Å². The van der Waals surface area contributed by atoms with E-state index >= 15 is 0 Å². The van der Waals surface area contributed by atoms with Crippen LogP contribution in [-0.4, -0.2) is 29.7 Å². The Morgan fingerprint density at radius 1 is 1.18 bits per heavy atom. The first kappa shape index (κ1) is 18.2. The summed E-state index contributed by atoms with van der Waals surface area (Å²) in [5.41, 5.74) is 2.10. The molecule has 0 saturated carbocycles. The number of aromatic nitrogens is 2. The molecule has 0 spiro atoms. The van der Waals surface area contributed by atoms with Crippen molar-refractivity contribution in [2.24, 2.45) is 0 Å². The van der Waals surface area contributed by atoms with Gasteiger partial charge in [-0.1, -0.05) is 42.4 Å². The Hall–Kier alpha value is -3.15. The molecule has 4 rings (SSSR count). The van der Waals surface area contributed by atoms with E-state index in [-0.39, 0.29) is 17.7 Å². The van der Waals surface area contributed by atoms with Crippen molar-refractivity contribution >= 4 is 11.6 Å². The Balaban J connectivity index is 1.42. The lowest BCUT2D eigenvalue weighted by molar-refractivity contribution is -0.117. The van der Waals surface area contributed by atoms with Gasteiger partial charge < -0.3 is 14.2 Å². The van der Waals surface area contributed by atoms with Gasteiger partial charge in [0.2, 0.25) is 11.8 Å². The maximum absolute atomic E-state index is 12.4. The van der Waals surface area contributed by atoms with Gasteiger partial charge in [0.1, 0.15) is 5.75 Å². The number of methoxy groups -OCH3 is 1. The van der Waals surface area contributed by atoms with Gasteiger partial charge in [-0.15, -0.1) is 0 Å². The number of anilines is 1. The van der Waals surface area contributed by atoms with Crippen LogP contribution in [0.5, 0.6) is 5.75 Å². The summed E-state index contributed by atoms with van der Waals surface area (Å²) in [5.74, 6) is 2.35. The molecule has 2 aromatic carbocycles. The smallest absolute Gasteiger partial charge is 0.227 e.